The number of rotatable bonds is 7. The van der Waals surface area contributed by atoms with Crippen molar-refractivity contribution in [1.82, 2.24) is 9.62 Å². The molecule has 10 heteroatoms. The van der Waals surface area contributed by atoms with Gasteiger partial charge in [-0.3, -0.25) is 9.59 Å². The lowest BCUT2D eigenvalue weighted by atomic mass is 10.2. The summed E-state index contributed by atoms with van der Waals surface area (Å²) in [7, 11) is -2.50. The number of para-hydroxylation sites is 1. The Kier molecular flexibility index (Phi) is 6.81. The van der Waals surface area contributed by atoms with Gasteiger partial charge in [-0.05, 0) is 44.3 Å². The van der Waals surface area contributed by atoms with Gasteiger partial charge in [0.2, 0.25) is 15.9 Å². The number of hydrogen-bond donors (Lipinski definition) is 2. The predicted octanol–water partition coefficient (Wildman–Crippen LogP) is 1.97. The minimum absolute atomic E-state index is 0.0584. The van der Waals surface area contributed by atoms with Crippen LogP contribution in [0.15, 0.2) is 47.4 Å². The number of benzene rings is 2. The molecule has 150 valence electrons. The van der Waals surface area contributed by atoms with E-state index >= 15 is 0 Å². The Morgan fingerprint density at radius 1 is 1.07 bits per heavy atom. The quantitative estimate of drug-likeness (QED) is 0.728. The standard InChI is InChI=1S/C18H19F2N3O4S/c1-3-23(11-16(24)22-17-14(19)8-5-9-15(17)20)18(25)12-6-4-7-13(10-12)28(26,27)21-2/h4-10,21H,3,11H2,1-2H3,(H,22,24). The van der Waals surface area contributed by atoms with E-state index in [1.165, 1.54) is 31.3 Å². The maximum Gasteiger partial charge on any atom is 0.254 e. The second-order valence-corrected chi connectivity index (χ2v) is 7.59. The van der Waals surface area contributed by atoms with Gasteiger partial charge in [-0.15, -0.1) is 0 Å². The highest BCUT2D eigenvalue weighted by Gasteiger charge is 2.21. The summed E-state index contributed by atoms with van der Waals surface area (Å²) in [5, 5.41) is 2.11. The molecule has 0 radical (unpaired) electrons. The Bertz CT molecular complexity index is 976. The summed E-state index contributed by atoms with van der Waals surface area (Å²) in [5.74, 6) is -3.27. The molecule has 0 fully saturated rings. The van der Waals surface area contributed by atoms with Crippen LogP contribution in [0.3, 0.4) is 0 Å². The summed E-state index contributed by atoms with van der Waals surface area (Å²) in [5.41, 5.74) is -0.541. The first-order valence-electron chi connectivity index (χ1n) is 8.26. The summed E-state index contributed by atoms with van der Waals surface area (Å²) >= 11 is 0. The molecule has 0 unspecified atom stereocenters. The molecule has 2 N–H and O–H groups in total. The topological polar surface area (TPSA) is 95.6 Å². The number of anilines is 1. The van der Waals surface area contributed by atoms with E-state index in [-0.39, 0.29) is 17.0 Å². The van der Waals surface area contributed by atoms with E-state index in [2.05, 4.69) is 10.0 Å². The lowest BCUT2D eigenvalue weighted by Crippen LogP contribution is -2.38. The Morgan fingerprint density at radius 2 is 1.68 bits per heavy atom. The maximum absolute atomic E-state index is 13.6. The zero-order valence-electron chi connectivity index (χ0n) is 15.2. The molecule has 0 aliphatic rings. The van der Waals surface area contributed by atoms with Crippen molar-refractivity contribution in [1.29, 1.82) is 0 Å². The van der Waals surface area contributed by atoms with Crippen molar-refractivity contribution in [2.75, 3.05) is 25.5 Å². The fourth-order valence-electron chi connectivity index (χ4n) is 2.39. The normalized spacial score (nSPS) is 11.1. The van der Waals surface area contributed by atoms with E-state index in [4.69, 9.17) is 0 Å². The molecule has 2 aromatic carbocycles. The Labute approximate surface area is 161 Å². The van der Waals surface area contributed by atoms with Crippen LogP contribution in [0.1, 0.15) is 17.3 Å². The first kappa shape index (κ1) is 21.5. The van der Waals surface area contributed by atoms with E-state index in [1.807, 2.05) is 0 Å². The number of sulfonamides is 1. The average molecular weight is 411 g/mol. The molecule has 0 heterocycles. The molecule has 28 heavy (non-hydrogen) atoms. The number of nitrogens with one attached hydrogen (secondary N) is 2. The van der Waals surface area contributed by atoms with E-state index in [0.29, 0.717) is 0 Å². The minimum Gasteiger partial charge on any atom is -0.330 e. The van der Waals surface area contributed by atoms with Crippen LogP contribution in [0, 0.1) is 11.6 Å². The number of carbonyl (C=O) groups is 2. The first-order valence-corrected chi connectivity index (χ1v) is 9.74. The van der Waals surface area contributed by atoms with Crippen molar-refractivity contribution in [2.45, 2.75) is 11.8 Å². The Morgan fingerprint density at radius 3 is 2.25 bits per heavy atom. The second-order valence-electron chi connectivity index (χ2n) is 5.70. The van der Waals surface area contributed by atoms with Gasteiger partial charge in [-0.2, -0.15) is 0 Å². The number of carbonyl (C=O) groups excluding carboxylic acids is 2. The van der Waals surface area contributed by atoms with Crippen LogP contribution < -0.4 is 10.0 Å². The van der Waals surface area contributed by atoms with Crippen molar-refractivity contribution in [2.24, 2.45) is 0 Å². The van der Waals surface area contributed by atoms with Gasteiger partial charge < -0.3 is 10.2 Å². The highest BCUT2D eigenvalue weighted by Crippen LogP contribution is 2.18. The molecule has 0 aliphatic carbocycles. The van der Waals surface area contributed by atoms with E-state index in [0.717, 1.165) is 23.1 Å². The molecule has 7 nitrogen and oxygen atoms in total. The van der Waals surface area contributed by atoms with Gasteiger partial charge in [0, 0.05) is 12.1 Å². The SMILES string of the molecule is CCN(CC(=O)Nc1c(F)cccc1F)C(=O)c1cccc(S(=O)(=O)NC)c1. The first-order chi connectivity index (χ1) is 13.2. The molecule has 0 atom stereocenters. The molecule has 0 aliphatic heterocycles. The summed E-state index contributed by atoms with van der Waals surface area (Å²) in [6, 6.07) is 8.48. The van der Waals surface area contributed by atoms with Crippen LogP contribution in [-0.2, 0) is 14.8 Å². The van der Waals surface area contributed by atoms with Crippen molar-refractivity contribution in [3.63, 3.8) is 0 Å². The largest absolute Gasteiger partial charge is 0.330 e. The van der Waals surface area contributed by atoms with Crippen molar-refractivity contribution >= 4 is 27.5 Å². The summed E-state index contributed by atoms with van der Waals surface area (Å²) < 4.78 is 53.2. The van der Waals surface area contributed by atoms with Crippen molar-refractivity contribution < 1.29 is 26.8 Å². The molecular weight excluding hydrogens is 392 g/mol. The molecular formula is C18H19F2N3O4S. The van der Waals surface area contributed by atoms with E-state index < -0.39 is 45.7 Å². The van der Waals surface area contributed by atoms with Crippen LogP contribution >= 0.6 is 0 Å². The third-order valence-corrected chi connectivity index (χ3v) is 5.30. The lowest BCUT2D eigenvalue weighted by Gasteiger charge is -2.21. The number of amides is 2. The predicted molar refractivity (Wildman–Crippen MR) is 99.3 cm³/mol. The molecule has 2 aromatic rings. The number of hydrogen-bond acceptors (Lipinski definition) is 4. The van der Waals surface area contributed by atoms with Gasteiger partial charge in [0.15, 0.2) is 0 Å². The van der Waals surface area contributed by atoms with Crippen molar-refractivity contribution in [3.05, 3.63) is 59.7 Å². The van der Waals surface area contributed by atoms with Crippen LogP contribution in [-0.4, -0.2) is 45.3 Å². The summed E-state index contributed by atoms with van der Waals surface area (Å²) in [6.07, 6.45) is 0. The molecule has 2 rings (SSSR count). The monoisotopic (exact) mass is 411 g/mol. The van der Waals surface area contributed by atoms with Gasteiger partial charge in [0.25, 0.3) is 5.91 Å². The summed E-state index contributed by atoms with van der Waals surface area (Å²) in [4.78, 5) is 25.8. The van der Waals surface area contributed by atoms with Gasteiger partial charge >= 0.3 is 0 Å². The van der Waals surface area contributed by atoms with Gasteiger partial charge in [-0.1, -0.05) is 12.1 Å². The number of nitrogens with zero attached hydrogens (tertiary/aromatic N) is 1. The van der Waals surface area contributed by atoms with Gasteiger partial charge in [-0.25, -0.2) is 21.9 Å². The molecule has 0 bridgehead atoms. The van der Waals surface area contributed by atoms with Gasteiger partial charge in [0.05, 0.1) is 4.90 Å². The molecule has 2 amide bonds. The van der Waals surface area contributed by atoms with Crippen LogP contribution in [0.5, 0.6) is 0 Å². The minimum atomic E-state index is -3.74. The zero-order chi connectivity index (χ0) is 20.9. The maximum atomic E-state index is 13.6. The highest BCUT2D eigenvalue weighted by molar-refractivity contribution is 7.89. The number of halogens is 2. The summed E-state index contributed by atoms with van der Waals surface area (Å²) in [6.45, 7) is 1.27. The highest BCUT2D eigenvalue weighted by atomic mass is 32.2. The average Bonchev–Trinajstić information content (AvgIpc) is 2.68. The lowest BCUT2D eigenvalue weighted by molar-refractivity contribution is -0.116. The number of likely N-dealkylation sites (N-methyl/N-ethyl adjacent to an activating group) is 1. The third kappa shape index (κ3) is 4.90. The molecule has 0 aromatic heterocycles. The third-order valence-electron chi connectivity index (χ3n) is 3.89. The van der Waals surface area contributed by atoms with Crippen LogP contribution in [0.4, 0.5) is 14.5 Å². The van der Waals surface area contributed by atoms with Gasteiger partial charge in [0.1, 0.15) is 23.9 Å². The van der Waals surface area contributed by atoms with E-state index in [1.54, 1.807) is 6.92 Å². The Hall–Kier alpha value is -2.85. The second kappa shape index (κ2) is 8.89. The fourth-order valence-corrected chi connectivity index (χ4v) is 3.17. The fraction of sp³-hybridized carbons (Fsp3) is 0.222. The van der Waals surface area contributed by atoms with E-state index in [9.17, 15) is 26.8 Å². The molecule has 0 saturated heterocycles. The molecule has 0 saturated carbocycles. The van der Waals surface area contributed by atoms with Crippen LogP contribution in [0.2, 0.25) is 0 Å². The van der Waals surface area contributed by atoms with Crippen molar-refractivity contribution in [3.8, 4) is 0 Å². The van der Waals surface area contributed by atoms with Crippen LogP contribution in [0.25, 0.3) is 0 Å². The zero-order valence-corrected chi connectivity index (χ0v) is 16.0. The smallest absolute Gasteiger partial charge is 0.254 e. The molecule has 0 spiro atoms. The Balaban J connectivity index is 2.18.